The molecule has 354 valence electrons. The summed E-state index contributed by atoms with van der Waals surface area (Å²) in [7, 11) is -1.83. The van der Waals surface area contributed by atoms with Crippen LogP contribution in [0.2, 0.25) is 19.6 Å². The number of para-hydroxylation sites is 3. The zero-order valence-corrected chi connectivity index (χ0v) is 43.4. The molecule has 0 spiro atoms. The second-order valence-corrected chi connectivity index (χ2v) is 28.1. The van der Waals surface area contributed by atoms with Gasteiger partial charge in [0.15, 0.2) is 40.3 Å². The number of benzene rings is 6. The number of pyridine rings is 1. The lowest BCUT2D eigenvalue weighted by molar-refractivity contribution is -0.719. The number of hydrogen-bond acceptors (Lipinski definition) is 3. The minimum Gasteiger partial charge on any atom is -0.455 e. The number of nitrogens with zero attached hydrogens (tertiary/aromatic N) is 4. The first-order chi connectivity index (χ1) is 34.3. The van der Waals surface area contributed by atoms with Gasteiger partial charge in [0.25, 0.3) is 0 Å². The second kappa shape index (κ2) is 16.4. The summed E-state index contributed by atoms with van der Waals surface area (Å²) in [6.45, 7) is 21.8. The topological polar surface area (TPSA) is 51.9 Å². The SMILES string of the molecule is C=C1CC2C(CCc3ccc4c(oc5ccccc54)c3-c3n(-c4ccc(C(C)(C)C)cc4-c4ccccc4)c4ccccc4[n+]31)c1ccc3nc(C)oc3c1-c1cc(CC3CCCC3)c([Si](C)(C)C)c[n+]12. The molecule has 2 atom stereocenters. The van der Waals surface area contributed by atoms with E-state index in [9.17, 15) is 0 Å². The fraction of sp³-hybridized carbons (Fsp3) is 0.297. The molecule has 6 aromatic carbocycles. The van der Waals surface area contributed by atoms with Crippen molar-refractivity contribution < 1.29 is 18.0 Å². The van der Waals surface area contributed by atoms with Crippen molar-refractivity contribution in [1.29, 1.82) is 0 Å². The maximum absolute atomic E-state index is 7.16. The average Bonchev–Trinajstić information content (AvgIpc) is 4.17. The highest BCUT2D eigenvalue weighted by Gasteiger charge is 2.46. The second-order valence-electron chi connectivity index (χ2n) is 23.1. The predicted octanol–water partition coefficient (Wildman–Crippen LogP) is 15.3. The van der Waals surface area contributed by atoms with E-state index < -0.39 is 8.07 Å². The molecule has 0 radical (unpaired) electrons. The van der Waals surface area contributed by atoms with Crippen molar-refractivity contribution >= 4 is 63.0 Å². The van der Waals surface area contributed by atoms with Crippen molar-refractivity contribution in [3.63, 3.8) is 0 Å². The maximum atomic E-state index is 7.16. The van der Waals surface area contributed by atoms with Crippen LogP contribution in [0.15, 0.2) is 149 Å². The summed E-state index contributed by atoms with van der Waals surface area (Å²) < 4.78 is 21.6. The number of fused-ring (bicyclic) bond motifs is 17. The van der Waals surface area contributed by atoms with E-state index in [1.54, 1.807) is 5.19 Å². The quantitative estimate of drug-likeness (QED) is 0.128. The number of imidazole rings is 1. The van der Waals surface area contributed by atoms with Crippen LogP contribution >= 0.6 is 0 Å². The standard InChI is InChI=1S/C64H64N4O2Si/c1-39-34-55-46(48-31-32-51-62(69-40(2)65-51)60(48)56-36-44(35-41-18-12-13-19-41)58(38-66(55)56)71(6,7)8)29-26-43-27-30-49-47-22-14-17-25-57(47)70-61(49)59(43)63-67(39)53-23-15-16-24-54(53)68(63)52-33-28-45(64(3,4)5)37-50(52)42-20-10-9-11-21-42/h9-11,14-17,20-25,27-28,30-33,36-38,41,46,55H,1,12-13,18-19,26,29,34-35H2,2-8H3/q+2. The minimum atomic E-state index is -1.83. The lowest BCUT2D eigenvalue weighted by atomic mass is 9.77. The Labute approximate surface area is 418 Å². The van der Waals surface area contributed by atoms with Gasteiger partial charge in [0.2, 0.25) is 5.69 Å². The van der Waals surface area contributed by atoms with E-state index in [2.05, 4.69) is 188 Å². The summed E-state index contributed by atoms with van der Waals surface area (Å²) in [5.41, 5.74) is 19.5. The van der Waals surface area contributed by atoms with Crippen LogP contribution in [0.25, 0.3) is 89.2 Å². The van der Waals surface area contributed by atoms with Gasteiger partial charge in [-0.25, -0.2) is 4.98 Å². The van der Waals surface area contributed by atoms with E-state index >= 15 is 0 Å². The third-order valence-corrected chi connectivity index (χ3v) is 18.6. The van der Waals surface area contributed by atoms with Crippen molar-refractivity contribution in [2.75, 3.05) is 0 Å². The van der Waals surface area contributed by atoms with Crippen LogP contribution < -0.4 is 14.3 Å². The molecule has 71 heavy (non-hydrogen) atoms. The van der Waals surface area contributed by atoms with Gasteiger partial charge < -0.3 is 8.83 Å². The fourth-order valence-electron chi connectivity index (χ4n) is 13.1. The van der Waals surface area contributed by atoms with Crippen LogP contribution in [-0.4, -0.2) is 17.6 Å². The minimum absolute atomic E-state index is 0.0460. The largest absolute Gasteiger partial charge is 0.455 e. The highest BCUT2D eigenvalue weighted by atomic mass is 28.3. The third kappa shape index (κ3) is 7.12. The number of furan rings is 1. The molecule has 1 saturated carbocycles. The van der Waals surface area contributed by atoms with Gasteiger partial charge in [-0.15, -0.1) is 0 Å². The van der Waals surface area contributed by atoms with Crippen LogP contribution in [0.1, 0.15) is 99.4 Å². The van der Waals surface area contributed by atoms with Crippen molar-refractivity contribution in [1.82, 2.24) is 9.55 Å². The summed E-state index contributed by atoms with van der Waals surface area (Å²) in [6.07, 6.45) is 11.6. The lowest BCUT2D eigenvalue weighted by Crippen LogP contribution is -2.54. The summed E-state index contributed by atoms with van der Waals surface area (Å²) in [5, 5.41) is 3.83. The lowest BCUT2D eigenvalue weighted by Gasteiger charge is -2.33. The Hall–Kier alpha value is -6.83. The van der Waals surface area contributed by atoms with E-state index in [0.29, 0.717) is 5.89 Å². The zero-order chi connectivity index (χ0) is 48.5. The molecule has 6 heterocycles. The van der Waals surface area contributed by atoms with Crippen molar-refractivity contribution in [2.24, 2.45) is 5.92 Å². The van der Waals surface area contributed by atoms with Crippen LogP contribution in [-0.2, 0) is 18.3 Å². The van der Waals surface area contributed by atoms with E-state index in [0.717, 1.165) is 98.4 Å². The van der Waals surface area contributed by atoms with Gasteiger partial charge in [0.1, 0.15) is 28.0 Å². The molecule has 10 aromatic rings. The van der Waals surface area contributed by atoms with Gasteiger partial charge in [-0.3, -0.25) is 0 Å². The van der Waals surface area contributed by atoms with Crippen molar-refractivity contribution in [2.45, 2.75) is 116 Å². The van der Waals surface area contributed by atoms with Crippen LogP contribution in [0.3, 0.4) is 0 Å². The zero-order valence-electron chi connectivity index (χ0n) is 42.4. The number of aryl methyl sites for hydroxylation is 2. The van der Waals surface area contributed by atoms with E-state index in [-0.39, 0.29) is 17.4 Å². The molecule has 7 heteroatoms. The molecular weight excluding hydrogens is 885 g/mol. The highest BCUT2D eigenvalue weighted by molar-refractivity contribution is 6.89. The Morgan fingerprint density at radius 1 is 0.775 bits per heavy atom. The van der Waals surface area contributed by atoms with Gasteiger partial charge >= 0.3 is 5.82 Å². The smallest absolute Gasteiger partial charge is 0.304 e. The summed E-state index contributed by atoms with van der Waals surface area (Å²) in [6, 6.07) is 47.6. The molecule has 2 aliphatic heterocycles. The van der Waals surface area contributed by atoms with Gasteiger partial charge in [0, 0.05) is 40.4 Å². The maximum Gasteiger partial charge on any atom is 0.304 e. The molecule has 13 rings (SSSR count). The number of hydrogen-bond donors (Lipinski definition) is 0. The summed E-state index contributed by atoms with van der Waals surface area (Å²) in [4.78, 5) is 4.93. The molecule has 6 nitrogen and oxygen atoms in total. The molecular formula is C64H64N4O2Si+2. The summed E-state index contributed by atoms with van der Waals surface area (Å²) in [5.74, 6) is 2.68. The van der Waals surface area contributed by atoms with E-state index in [1.165, 1.54) is 70.3 Å². The Balaban J connectivity index is 1.11. The van der Waals surface area contributed by atoms with E-state index in [4.69, 9.17) is 20.4 Å². The molecule has 0 N–H and O–H groups in total. The van der Waals surface area contributed by atoms with Gasteiger partial charge in [-0.2, -0.15) is 13.7 Å². The average molecular weight is 949 g/mol. The molecule has 2 unspecified atom stereocenters. The molecule has 3 aliphatic rings. The number of oxazole rings is 1. The number of allylic oxidation sites excluding steroid dienone is 1. The first-order valence-corrected chi connectivity index (χ1v) is 29.7. The molecule has 4 aromatic heterocycles. The Morgan fingerprint density at radius 2 is 1.55 bits per heavy atom. The Morgan fingerprint density at radius 3 is 2.35 bits per heavy atom. The van der Waals surface area contributed by atoms with Crippen LogP contribution in [0.4, 0.5) is 0 Å². The molecule has 1 fully saturated rings. The molecule has 0 saturated heterocycles. The number of rotatable bonds is 5. The first-order valence-electron chi connectivity index (χ1n) is 26.2. The molecule has 1 aliphatic carbocycles. The van der Waals surface area contributed by atoms with Gasteiger partial charge in [-0.1, -0.05) is 158 Å². The molecule has 0 bridgehead atoms. The first kappa shape index (κ1) is 44.1. The van der Waals surface area contributed by atoms with E-state index in [1.807, 2.05) is 6.92 Å². The third-order valence-electron chi connectivity index (χ3n) is 16.5. The molecule has 0 amide bonds. The van der Waals surface area contributed by atoms with Crippen LogP contribution in [0.5, 0.6) is 0 Å². The fourth-order valence-corrected chi connectivity index (χ4v) is 14.7. The monoisotopic (exact) mass is 948 g/mol. The van der Waals surface area contributed by atoms with Gasteiger partial charge in [0.05, 0.1) is 20.1 Å². The predicted molar refractivity (Wildman–Crippen MR) is 293 cm³/mol. The van der Waals surface area contributed by atoms with Gasteiger partial charge in [-0.05, 0) is 94.8 Å². The van der Waals surface area contributed by atoms with Crippen molar-refractivity contribution in [3.05, 3.63) is 168 Å². The number of aromatic nitrogens is 4. The highest BCUT2D eigenvalue weighted by Crippen LogP contribution is 2.49. The Kier molecular flexibility index (Phi) is 10.2. The van der Waals surface area contributed by atoms with Crippen LogP contribution in [0, 0.1) is 12.8 Å². The summed E-state index contributed by atoms with van der Waals surface area (Å²) >= 11 is 0. The van der Waals surface area contributed by atoms with Crippen molar-refractivity contribution in [3.8, 4) is 39.5 Å². The normalized spacial score (nSPS) is 17.4. The Bertz CT molecular complexity index is 3790.